The van der Waals surface area contributed by atoms with Crippen LogP contribution in [0.2, 0.25) is 0 Å². The van der Waals surface area contributed by atoms with Crippen LogP contribution in [-0.2, 0) is 0 Å². The van der Waals surface area contributed by atoms with Gasteiger partial charge in [-0.1, -0.05) is 19.3 Å². The quantitative estimate of drug-likeness (QED) is 0.548. The van der Waals surface area contributed by atoms with Gasteiger partial charge >= 0.3 is 6.18 Å². The highest BCUT2D eigenvalue weighted by Gasteiger charge is 2.50. The molecule has 0 spiro atoms. The predicted molar refractivity (Wildman–Crippen MR) is 44.2 cm³/mol. The molecule has 13 heavy (non-hydrogen) atoms. The van der Waals surface area contributed by atoms with Crippen LogP contribution in [0.15, 0.2) is 0 Å². The van der Waals surface area contributed by atoms with Gasteiger partial charge in [0.1, 0.15) is 0 Å². The number of hydrogen-bond donors (Lipinski definition) is 0. The maximum Gasteiger partial charge on any atom is 0.392 e. The second-order valence-electron chi connectivity index (χ2n) is 4.43. The van der Waals surface area contributed by atoms with Crippen LogP contribution in [0.4, 0.5) is 13.2 Å². The Morgan fingerprint density at radius 2 is 1.54 bits per heavy atom. The van der Waals surface area contributed by atoms with Crippen LogP contribution in [0.1, 0.15) is 38.5 Å². The highest BCUT2D eigenvalue weighted by molar-refractivity contribution is 4.90. The zero-order valence-corrected chi connectivity index (χ0v) is 7.61. The van der Waals surface area contributed by atoms with Gasteiger partial charge in [0.05, 0.1) is 5.92 Å². The molecule has 0 aliphatic heterocycles. The van der Waals surface area contributed by atoms with Crippen molar-refractivity contribution in [1.82, 2.24) is 0 Å². The standard InChI is InChI=1S/C10H15F3/c11-10(12,13)9-6-5-7-3-1-2-4-8(7)9/h7-9H,1-6H2. The van der Waals surface area contributed by atoms with E-state index in [4.69, 9.17) is 0 Å². The van der Waals surface area contributed by atoms with E-state index in [0.29, 0.717) is 12.3 Å². The molecule has 3 unspecified atom stereocenters. The minimum Gasteiger partial charge on any atom is -0.171 e. The van der Waals surface area contributed by atoms with Crippen molar-refractivity contribution in [1.29, 1.82) is 0 Å². The third-order valence-electron chi connectivity index (χ3n) is 3.75. The Morgan fingerprint density at radius 1 is 0.846 bits per heavy atom. The van der Waals surface area contributed by atoms with Gasteiger partial charge in [0.2, 0.25) is 0 Å². The van der Waals surface area contributed by atoms with E-state index in [0.717, 1.165) is 32.1 Å². The predicted octanol–water partition coefficient (Wildman–Crippen LogP) is 3.77. The number of alkyl halides is 3. The fraction of sp³-hybridized carbons (Fsp3) is 1.00. The maximum atomic E-state index is 12.5. The molecular weight excluding hydrogens is 177 g/mol. The number of hydrogen-bond acceptors (Lipinski definition) is 0. The van der Waals surface area contributed by atoms with Crippen molar-refractivity contribution < 1.29 is 13.2 Å². The lowest BCUT2D eigenvalue weighted by molar-refractivity contribution is -0.187. The van der Waals surface area contributed by atoms with Crippen molar-refractivity contribution in [2.45, 2.75) is 44.7 Å². The van der Waals surface area contributed by atoms with Crippen molar-refractivity contribution in [2.75, 3.05) is 0 Å². The van der Waals surface area contributed by atoms with Gasteiger partial charge in [-0.05, 0) is 31.1 Å². The molecule has 3 atom stereocenters. The molecule has 0 aromatic rings. The van der Waals surface area contributed by atoms with Crippen LogP contribution in [-0.4, -0.2) is 6.18 Å². The Kier molecular flexibility index (Phi) is 2.28. The molecule has 2 rings (SSSR count). The number of halogens is 3. The fourth-order valence-corrected chi connectivity index (χ4v) is 3.14. The number of rotatable bonds is 0. The third-order valence-corrected chi connectivity index (χ3v) is 3.75. The smallest absolute Gasteiger partial charge is 0.171 e. The van der Waals surface area contributed by atoms with Gasteiger partial charge in [-0.3, -0.25) is 0 Å². The van der Waals surface area contributed by atoms with Crippen LogP contribution in [0.5, 0.6) is 0 Å². The molecule has 0 radical (unpaired) electrons. The van der Waals surface area contributed by atoms with Crippen molar-refractivity contribution in [2.24, 2.45) is 17.8 Å². The molecule has 76 valence electrons. The first-order chi connectivity index (χ1) is 6.09. The largest absolute Gasteiger partial charge is 0.392 e. The molecule has 0 amide bonds. The lowest BCUT2D eigenvalue weighted by Gasteiger charge is -2.30. The van der Waals surface area contributed by atoms with E-state index in [1.165, 1.54) is 0 Å². The zero-order chi connectivity index (χ0) is 9.47. The first-order valence-corrected chi connectivity index (χ1v) is 5.16. The van der Waals surface area contributed by atoms with E-state index in [1.54, 1.807) is 0 Å². The average molecular weight is 192 g/mol. The zero-order valence-electron chi connectivity index (χ0n) is 7.61. The molecular formula is C10H15F3. The van der Waals surface area contributed by atoms with Gasteiger partial charge in [0.25, 0.3) is 0 Å². The van der Waals surface area contributed by atoms with Crippen molar-refractivity contribution in [3.8, 4) is 0 Å². The molecule has 0 heterocycles. The third kappa shape index (κ3) is 1.70. The highest BCUT2D eigenvalue weighted by atomic mass is 19.4. The van der Waals surface area contributed by atoms with Gasteiger partial charge in [-0.2, -0.15) is 13.2 Å². The molecule has 2 fully saturated rings. The molecule has 2 aliphatic carbocycles. The minimum absolute atomic E-state index is 0.0336. The Labute approximate surface area is 76.5 Å². The molecule has 0 aromatic heterocycles. The minimum atomic E-state index is -3.93. The topological polar surface area (TPSA) is 0 Å². The molecule has 0 saturated heterocycles. The first kappa shape index (κ1) is 9.35. The normalized spacial score (nSPS) is 40.4. The summed E-state index contributed by atoms with van der Waals surface area (Å²) in [6.45, 7) is 0. The van der Waals surface area contributed by atoms with Crippen molar-refractivity contribution in [3.05, 3.63) is 0 Å². The summed E-state index contributed by atoms with van der Waals surface area (Å²) in [4.78, 5) is 0. The highest BCUT2D eigenvalue weighted by Crippen LogP contribution is 2.51. The van der Waals surface area contributed by atoms with Gasteiger partial charge in [-0.25, -0.2) is 0 Å². The molecule has 0 nitrogen and oxygen atoms in total. The Hall–Kier alpha value is -0.210. The van der Waals surface area contributed by atoms with Crippen LogP contribution in [0, 0.1) is 17.8 Å². The molecule has 2 aliphatic rings. The van der Waals surface area contributed by atoms with Crippen molar-refractivity contribution >= 4 is 0 Å². The van der Waals surface area contributed by atoms with Crippen LogP contribution in [0.25, 0.3) is 0 Å². The van der Waals surface area contributed by atoms with E-state index in [1.807, 2.05) is 0 Å². The summed E-state index contributed by atoms with van der Waals surface area (Å²) in [5, 5.41) is 0. The van der Waals surface area contributed by atoms with Crippen molar-refractivity contribution in [3.63, 3.8) is 0 Å². The average Bonchev–Trinajstić information content (AvgIpc) is 2.45. The van der Waals surface area contributed by atoms with Crippen LogP contribution >= 0.6 is 0 Å². The summed E-state index contributed by atoms with van der Waals surface area (Å²) in [5.74, 6) is -0.619. The fourth-order valence-electron chi connectivity index (χ4n) is 3.14. The van der Waals surface area contributed by atoms with Gasteiger partial charge in [0.15, 0.2) is 0 Å². The van der Waals surface area contributed by atoms with E-state index in [2.05, 4.69) is 0 Å². The summed E-state index contributed by atoms with van der Waals surface area (Å²) in [7, 11) is 0. The van der Waals surface area contributed by atoms with Gasteiger partial charge in [0, 0.05) is 0 Å². The summed E-state index contributed by atoms with van der Waals surface area (Å²) in [6, 6.07) is 0. The molecule has 0 aromatic carbocycles. The van der Waals surface area contributed by atoms with Gasteiger partial charge < -0.3 is 0 Å². The number of fused-ring (bicyclic) bond motifs is 1. The molecule has 0 N–H and O–H groups in total. The van der Waals surface area contributed by atoms with E-state index in [-0.39, 0.29) is 5.92 Å². The van der Waals surface area contributed by atoms with E-state index < -0.39 is 12.1 Å². The maximum absolute atomic E-state index is 12.5. The Bertz CT molecular complexity index is 185. The monoisotopic (exact) mass is 192 g/mol. The lowest BCUT2D eigenvalue weighted by atomic mass is 9.78. The molecule has 2 saturated carbocycles. The summed E-state index contributed by atoms with van der Waals surface area (Å²) < 4.78 is 37.6. The summed E-state index contributed by atoms with van der Waals surface area (Å²) in [5.41, 5.74) is 0. The summed E-state index contributed by atoms with van der Waals surface area (Å²) >= 11 is 0. The molecule has 0 bridgehead atoms. The van der Waals surface area contributed by atoms with E-state index in [9.17, 15) is 13.2 Å². The van der Waals surface area contributed by atoms with Crippen LogP contribution < -0.4 is 0 Å². The lowest BCUT2D eigenvalue weighted by Crippen LogP contribution is -2.30. The second kappa shape index (κ2) is 3.18. The molecule has 3 heteroatoms. The second-order valence-corrected chi connectivity index (χ2v) is 4.43. The first-order valence-electron chi connectivity index (χ1n) is 5.16. The Morgan fingerprint density at radius 3 is 2.23 bits per heavy atom. The Balaban J connectivity index is 2.07. The van der Waals surface area contributed by atoms with E-state index >= 15 is 0 Å². The SMILES string of the molecule is FC(F)(F)C1CCC2CCCCC21. The van der Waals surface area contributed by atoms with Crippen LogP contribution in [0.3, 0.4) is 0 Å². The summed E-state index contributed by atoms with van der Waals surface area (Å²) in [6.07, 6.45) is 1.27. The van der Waals surface area contributed by atoms with Gasteiger partial charge in [-0.15, -0.1) is 0 Å².